The van der Waals surface area contributed by atoms with Gasteiger partial charge in [0.05, 0.1) is 11.0 Å². The van der Waals surface area contributed by atoms with E-state index in [2.05, 4.69) is 52.3 Å². The number of pyridine rings is 1. The number of aryl methyl sites for hydroxylation is 1. The van der Waals surface area contributed by atoms with Crippen LogP contribution in [0.5, 0.6) is 0 Å². The van der Waals surface area contributed by atoms with Crippen molar-refractivity contribution in [3.8, 4) is 0 Å². The van der Waals surface area contributed by atoms with Crippen LogP contribution in [0, 0.1) is 6.92 Å². The van der Waals surface area contributed by atoms with Crippen LogP contribution < -0.4 is 5.32 Å². The maximum Gasteiger partial charge on any atom is 0.171 e. The van der Waals surface area contributed by atoms with Crippen molar-refractivity contribution >= 4 is 28.6 Å². The number of rotatable bonds is 5. The van der Waals surface area contributed by atoms with Crippen LogP contribution in [0.25, 0.3) is 11.0 Å². The molecule has 0 unspecified atom stereocenters. The van der Waals surface area contributed by atoms with E-state index in [0.717, 1.165) is 39.9 Å². The molecule has 3 rings (SSSR count). The van der Waals surface area contributed by atoms with E-state index >= 15 is 0 Å². The molecule has 2 aromatic heterocycles. The van der Waals surface area contributed by atoms with E-state index < -0.39 is 0 Å². The second-order valence-electron chi connectivity index (χ2n) is 4.97. The number of imidazole rings is 1. The van der Waals surface area contributed by atoms with Gasteiger partial charge in [-0.05, 0) is 43.2 Å². The summed E-state index contributed by atoms with van der Waals surface area (Å²) in [6.45, 7) is 5.16. The molecule has 0 saturated heterocycles. The summed E-state index contributed by atoms with van der Waals surface area (Å²) < 4.78 is 0. The second kappa shape index (κ2) is 6.18. The minimum atomic E-state index is 0.906. The van der Waals surface area contributed by atoms with Gasteiger partial charge in [-0.2, -0.15) is 0 Å². The van der Waals surface area contributed by atoms with Crippen molar-refractivity contribution in [2.24, 2.45) is 0 Å². The van der Waals surface area contributed by atoms with E-state index in [4.69, 9.17) is 0 Å². The van der Waals surface area contributed by atoms with Crippen LogP contribution in [0.4, 0.5) is 5.82 Å². The lowest BCUT2D eigenvalue weighted by Gasteiger charge is -2.04. The molecule has 1 aromatic carbocycles. The fourth-order valence-electron chi connectivity index (χ4n) is 2.08. The third kappa shape index (κ3) is 3.36. The lowest BCUT2D eigenvalue weighted by Crippen LogP contribution is -2.01. The smallest absolute Gasteiger partial charge is 0.171 e. The Morgan fingerprint density at radius 1 is 1.24 bits per heavy atom. The van der Waals surface area contributed by atoms with Crippen molar-refractivity contribution in [2.75, 3.05) is 11.9 Å². The molecule has 0 aliphatic rings. The van der Waals surface area contributed by atoms with Gasteiger partial charge in [0.1, 0.15) is 5.82 Å². The molecule has 0 saturated carbocycles. The van der Waals surface area contributed by atoms with Gasteiger partial charge in [0.2, 0.25) is 0 Å². The first-order valence-corrected chi connectivity index (χ1v) is 7.90. The molecule has 3 aromatic rings. The molecular weight excluding hydrogens is 280 g/mol. The van der Waals surface area contributed by atoms with Crippen LogP contribution in [0.2, 0.25) is 0 Å². The summed E-state index contributed by atoms with van der Waals surface area (Å²) in [5, 5.41) is 4.21. The minimum Gasteiger partial charge on any atom is -0.370 e. The zero-order valence-corrected chi connectivity index (χ0v) is 13.0. The van der Waals surface area contributed by atoms with Crippen molar-refractivity contribution in [1.82, 2.24) is 15.0 Å². The maximum atomic E-state index is 4.61. The third-order valence-corrected chi connectivity index (χ3v) is 3.99. The van der Waals surface area contributed by atoms with Crippen LogP contribution in [0.15, 0.2) is 46.6 Å². The van der Waals surface area contributed by atoms with Gasteiger partial charge in [0.15, 0.2) is 5.16 Å². The van der Waals surface area contributed by atoms with Gasteiger partial charge in [0, 0.05) is 17.6 Å². The van der Waals surface area contributed by atoms with Gasteiger partial charge in [-0.15, -0.1) is 0 Å². The molecule has 0 spiro atoms. The van der Waals surface area contributed by atoms with Crippen LogP contribution in [-0.2, 0) is 0 Å². The summed E-state index contributed by atoms with van der Waals surface area (Å²) in [6, 6.07) is 10.3. The summed E-state index contributed by atoms with van der Waals surface area (Å²) in [5.74, 6) is 0.911. The van der Waals surface area contributed by atoms with Gasteiger partial charge in [-0.1, -0.05) is 24.8 Å². The first kappa shape index (κ1) is 13.9. The maximum absolute atomic E-state index is 4.61. The Kier molecular flexibility index (Phi) is 4.10. The fraction of sp³-hybridized carbons (Fsp3) is 0.250. The van der Waals surface area contributed by atoms with Crippen LogP contribution in [-0.4, -0.2) is 21.5 Å². The summed E-state index contributed by atoms with van der Waals surface area (Å²) >= 11 is 1.62. The molecule has 0 radical (unpaired) electrons. The molecule has 0 fully saturated rings. The van der Waals surface area contributed by atoms with E-state index in [1.165, 1.54) is 5.56 Å². The largest absolute Gasteiger partial charge is 0.370 e. The number of hydrogen-bond acceptors (Lipinski definition) is 4. The molecule has 5 heteroatoms. The zero-order chi connectivity index (χ0) is 14.7. The third-order valence-electron chi connectivity index (χ3n) is 3.12. The number of nitrogens with one attached hydrogen (secondary N) is 2. The summed E-state index contributed by atoms with van der Waals surface area (Å²) in [6.07, 6.45) is 2.91. The average Bonchev–Trinajstić information content (AvgIpc) is 2.86. The summed E-state index contributed by atoms with van der Waals surface area (Å²) in [5.41, 5.74) is 3.31. The normalized spacial score (nSPS) is 11.0. The van der Waals surface area contributed by atoms with E-state index in [1.54, 1.807) is 11.8 Å². The quantitative estimate of drug-likeness (QED) is 0.740. The van der Waals surface area contributed by atoms with E-state index in [-0.39, 0.29) is 0 Å². The Labute approximate surface area is 128 Å². The molecule has 2 heterocycles. The Morgan fingerprint density at radius 3 is 3.00 bits per heavy atom. The van der Waals surface area contributed by atoms with Crippen molar-refractivity contribution in [2.45, 2.75) is 30.3 Å². The van der Waals surface area contributed by atoms with E-state index in [1.807, 2.05) is 18.3 Å². The number of aromatic amines is 1. The highest BCUT2D eigenvalue weighted by Gasteiger charge is 2.05. The summed E-state index contributed by atoms with van der Waals surface area (Å²) in [7, 11) is 0. The number of aromatic nitrogens is 3. The summed E-state index contributed by atoms with van der Waals surface area (Å²) in [4.78, 5) is 13.4. The molecule has 0 aliphatic heterocycles. The SMILES string of the molecule is CCCNc1cc(Sc2nc3ccc(C)cc3[nH]2)ccn1. The molecule has 21 heavy (non-hydrogen) atoms. The Morgan fingerprint density at radius 2 is 2.14 bits per heavy atom. The number of H-pyrrole nitrogens is 1. The van der Waals surface area contributed by atoms with Gasteiger partial charge in [0.25, 0.3) is 0 Å². The lowest BCUT2D eigenvalue weighted by atomic mass is 10.2. The van der Waals surface area contributed by atoms with Gasteiger partial charge < -0.3 is 10.3 Å². The van der Waals surface area contributed by atoms with Crippen LogP contribution in [0.1, 0.15) is 18.9 Å². The van der Waals surface area contributed by atoms with E-state index in [9.17, 15) is 0 Å². The molecule has 4 nitrogen and oxygen atoms in total. The number of fused-ring (bicyclic) bond motifs is 1. The van der Waals surface area contributed by atoms with E-state index in [0.29, 0.717) is 0 Å². The molecule has 0 bridgehead atoms. The second-order valence-corrected chi connectivity index (χ2v) is 6.03. The first-order valence-electron chi connectivity index (χ1n) is 7.09. The van der Waals surface area contributed by atoms with Crippen molar-refractivity contribution < 1.29 is 0 Å². The highest BCUT2D eigenvalue weighted by atomic mass is 32.2. The highest BCUT2D eigenvalue weighted by molar-refractivity contribution is 7.99. The predicted molar refractivity (Wildman–Crippen MR) is 88.0 cm³/mol. The van der Waals surface area contributed by atoms with Gasteiger partial charge >= 0.3 is 0 Å². The molecule has 108 valence electrons. The van der Waals surface area contributed by atoms with Crippen molar-refractivity contribution in [3.63, 3.8) is 0 Å². The fourth-order valence-corrected chi connectivity index (χ4v) is 2.91. The van der Waals surface area contributed by atoms with Crippen molar-refractivity contribution in [3.05, 3.63) is 42.1 Å². The highest BCUT2D eigenvalue weighted by Crippen LogP contribution is 2.28. The number of anilines is 1. The molecular formula is C16H18N4S. The molecule has 0 amide bonds. The first-order chi connectivity index (χ1) is 10.2. The minimum absolute atomic E-state index is 0.906. The molecule has 2 N–H and O–H groups in total. The Hall–Kier alpha value is -2.01. The topological polar surface area (TPSA) is 53.6 Å². The number of benzene rings is 1. The Balaban J connectivity index is 1.81. The molecule has 0 atom stereocenters. The van der Waals surface area contributed by atoms with Gasteiger partial charge in [-0.3, -0.25) is 0 Å². The predicted octanol–water partition coefficient (Wildman–Crippen LogP) is 4.24. The molecule has 0 aliphatic carbocycles. The van der Waals surface area contributed by atoms with Gasteiger partial charge in [-0.25, -0.2) is 9.97 Å². The number of hydrogen-bond donors (Lipinski definition) is 2. The number of nitrogens with zero attached hydrogens (tertiary/aromatic N) is 2. The standard InChI is InChI=1S/C16H18N4S/c1-3-7-17-15-10-12(6-8-18-15)21-16-19-13-5-4-11(2)9-14(13)20-16/h4-6,8-10H,3,7H2,1-2H3,(H,17,18)(H,19,20). The van der Waals surface area contributed by atoms with Crippen molar-refractivity contribution in [1.29, 1.82) is 0 Å². The average molecular weight is 298 g/mol. The van der Waals surface area contributed by atoms with Crippen LogP contribution in [0.3, 0.4) is 0 Å². The zero-order valence-electron chi connectivity index (χ0n) is 12.2. The van der Waals surface area contributed by atoms with Crippen LogP contribution >= 0.6 is 11.8 Å². The Bertz CT molecular complexity index is 751. The monoisotopic (exact) mass is 298 g/mol. The lowest BCUT2D eigenvalue weighted by molar-refractivity contribution is 0.967.